The average Bonchev–Trinajstić information content (AvgIpc) is 3.11. The van der Waals surface area contributed by atoms with Crippen molar-refractivity contribution in [3.63, 3.8) is 0 Å². The quantitative estimate of drug-likeness (QED) is 0.913. The number of carbonyl (C=O) groups excluding carboxylic acids is 1. The molecule has 0 radical (unpaired) electrons. The number of hydrogen-bond donors (Lipinski definition) is 1. The molecule has 3 rings (SSSR count). The normalized spacial score (nSPS) is 22.2. The van der Waals surface area contributed by atoms with E-state index in [1.165, 1.54) is 25.7 Å². The lowest BCUT2D eigenvalue weighted by Gasteiger charge is -2.37. The van der Waals surface area contributed by atoms with Gasteiger partial charge in [0, 0.05) is 12.6 Å². The highest BCUT2D eigenvalue weighted by molar-refractivity contribution is 5.90. The summed E-state index contributed by atoms with van der Waals surface area (Å²) in [7, 11) is 0. The summed E-state index contributed by atoms with van der Waals surface area (Å²) >= 11 is 0. The van der Waals surface area contributed by atoms with Crippen LogP contribution >= 0.6 is 0 Å². The minimum absolute atomic E-state index is 0.186. The Morgan fingerprint density at radius 1 is 1.25 bits per heavy atom. The molecule has 4 nitrogen and oxygen atoms in total. The number of Topliss-reactive ketones (excluding diaryl/α,β-unsaturated/α-hetero) is 1. The molecule has 1 aliphatic heterocycles. The van der Waals surface area contributed by atoms with Gasteiger partial charge in [-0.25, -0.2) is 4.98 Å². The second kappa shape index (κ2) is 5.52. The molecule has 2 N–H and O–H groups in total. The van der Waals surface area contributed by atoms with Crippen LogP contribution < -0.4 is 5.73 Å². The molecule has 1 aliphatic carbocycles. The predicted molar refractivity (Wildman–Crippen MR) is 79.4 cm³/mol. The topological polar surface area (TPSA) is 59.2 Å². The Morgan fingerprint density at radius 2 is 1.95 bits per heavy atom. The average molecular weight is 273 g/mol. The first-order valence-corrected chi connectivity index (χ1v) is 7.69. The molecule has 108 valence electrons. The summed E-state index contributed by atoms with van der Waals surface area (Å²) in [5.41, 5.74) is 6.52. The zero-order valence-corrected chi connectivity index (χ0v) is 12.0. The molecule has 0 aromatic carbocycles. The van der Waals surface area contributed by atoms with E-state index in [0.717, 1.165) is 31.5 Å². The van der Waals surface area contributed by atoms with Crippen LogP contribution in [0.25, 0.3) is 0 Å². The van der Waals surface area contributed by atoms with Gasteiger partial charge in [0.05, 0.1) is 5.54 Å². The number of nitrogens with two attached hydrogens (primary N) is 1. The lowest BCUT2D eigenvalue weighted by molar-refractivity contribution is -0.129. The second-order valence-electron chi connectivity index (χ2n) is 6.12. The molecule has 2 heterocycles. The number of aromatic nitrogens is 1. The fourth-order valence-electron chi connectivity index (χ4n) is 3.83. The van der Waals surface area contributed by atoms with Crippen LogP contribution in [-0.2, 0) is 11.2 Å². The molecule has 20 heavy (non-hydrogen) atoms. The lowest BCUT2D eigenvalue weighted by atomic mass is 9.86. The molecular formula is C16H23N3O. The number of pyridine rings is 1. The van der Waals surface area contributed by atoms with E-state index in [1.807, 2.05) is 12.1 Å². The van der Waals surface area contributed by atoms with Crippen molar-refractivity contribution in [3.05, 3.63) is 23.9 Å². The van der Waals surface area contributed by atoms with Gasteiger partial charge in [0.2, 0.25) is 0 Å². The number of nitrogens with zero attached hydrogens (tertiary/aromatic N) is 2. The van der Waals surface area contributed by atoms with E-state index >= 15 is 0 Å². The molecule has 2 aliphatic rings. The second-order valence-corrected chi connectivity index (χ2v) is 6.12. The van der Waals surface area contributed by atoms with Crippen molar-refractivity contribution < 1.29 is 4.79 Å². The third kappa shape index (κ3) is 2.44. The summed E-state index contributed by atoms with van der Waals surface area (Å²) in [5.74, 6) is 0.874. The van der Waals surface area contributed by atoms with Crippen LogP contribution in [0.2, 0.25) is 0 Å². The van der Waals surface area contributed by atoms with Crippen LogP contribution in [0.5, 0.6) is 0 Å². The van der Waals surface area contributed by atoms with Gasteiger partial charge in [0.25, 0.3) is 0 Å². The lowest BCUT2D eigenvalue weighted by Crippen LogP contribution is -2.52. The van der Waals surface area contributed by atoms with E-state index in [-0.39, 0.29) is 5.54 Å². The summed E-state index contributed by atoms with van der Waals surface area (Å²) in [6, 6.07) is 3.73. The molecule has 0 atom stereocenters. The van der Waals surface area contributed by atoms with E-state index in [9.17, 15) is 4.79 Å². The Kier molecular flexibility index (Phi) is 3.74. The number of carbonyl (C=O) groups is 1. The van der Waals surface area contributed by atoms with Gasteiger partial charge in [-0.15, -0.1) is 0 Å². The first-order valence-electron chi connectivity index (χ1n) is 7.69. The standard InChI is InChI=1S/C16H23N3O/c17-15-12-13(5-8-18-15)11-14(20)16(6-1-2-7-16)19-9-3-4-10-19/h5,8,12H,1-4,6-7,9-11H2,(H2,17,18). The smallest absolute Gasteiger partial charge is 0.157 e. The van der Waals surface area contributed by atoms with E-state index in [2.05, 4.69) is 9.88 Å². The van der Waals surface area contributed by atoms with E-state index in [1.54, 1.807) is 6.20 Å². The number of ketones is 1. The van der Waals surface area contributed by atoms with Crippen LogP contribution in [0.3, 0.4) is 0 Å². The van der Waals surface area contributed by atoms with Gasteiger partial charge < -0.3 is 5.73 Å². The fraction of sp³-hybridized carbons (Fsp3) is 0.625. The van der Waals surface area contributed by atoms with E-state index in [4.69, 9.17) is 5.73 Å². The van der Waals surface area contributed by atoms with Gasteiger partial charge >= 0.3 is 0 Å². The van der Waals surface area contributed by atoms with E-state index < -0.39 is 0 Å². The van der Waals surface area contributed by atoms with Crippen molar-refractivity contribution in [3.8, 4) is 0 Å². The Labute approximate surface area is 120 Å². The van der Waals surface area contributed by atoms with Crippen molar-refractivity contribution in [2.75, 3.05) is 18.8 Å². The molecule has 1 aromatic rings. The van der Waals surface area contributed by atoms with Gasteiger partial charge in [0.15, 0.2) is 5.78 Å². The summed E-state index contributed by atoms with van der Waals surface area (Å²) in [6.45, 7) is 2.18. The molecule has 1 saturated carbocycles. The van der Waals surface area contributed by atoms with Crippen molar-refractivity contribution in [2.24, 2.45) is 0 Å². The number of anilines is 1. The molecule has 1 aromatic heterocycles. The molecule has 0 bridgehead atoms. The van der Waals surface area contributed by atoms with Crippen LogP contribution in [0.15, 0.2) is 18.3 Å². The molecular weight excluding hydrogens is 250 g/mol. The molecule has 0 unspecified atom stereocenters. The van der Waals surface area contributed by atoms with Crippen molar-refractivity contribution in [2.45, 2.75) is 50.5 Å². The Hall–Kier alpha value is -1.42. The van der Waals surface area contributed by atoms with Gasteiger partial charge in [-0.1, -0.05) is 12.8 Å². The number of nitrogen functional groups attached to an aromatic ring is 1. The maximum absolute atomic E-state index is 12.9. The third-order valence-electron chi connectivity index (χ3n) is 4.87. The Balaban J connectivity index is 1.79. The highest BCUT2D eigenvalue weighted by Crippen LogP contribution is 2.38. The molecule has 2 fully saturated rings. The maximum Gasteiger partial charge on any atom is 0.157 e. The number of rotatable bonds is 4. The van der Waals surface area contributed by atoms with Crippen LogP contribution in [0, 0.1) is 0 Å². The van der Waals surface area contributed by atoms with Crippen molar-refractivity contribution >= 4 is 11.6 Å². The predicted octanol–water partition coefficient (Wildman–Crippen LogP) is 2.18. The zero-order valence-electron chi connectivity index (χ0n) is 12.0. The summed E-state index contributed by atoms with van der Waals surface area (Å²) in [6.07, 6.45) is 9.08. The minimum atomic E-state index is -0.186. The zero-order chi connectivity index (χ0) is 14.0. The van der Waals surface area contributed by atoms with Crippen molar-refractivity contribution in [1.29, 1.82) is 0 Å². The number of hydrogen-bond acceptors (Lipinski definition) is 4. The van der Waals surface area contributed by atoms with Gasteiger partial charge in [0.1, 0.15) is 5.82 Å². The molecule has 0 spiro atoms. The number of likely N-dealkylation sites (tertiary alicyclic amines) is 1. The van der Waals surface area contributed by atoms with Gasteiger partial charge in [-0.2, -0.15) is 0 Å². The summed E-state index contributed by atoms with van der Waals surface area (Å²) in [5, 5.41) is 0. The molecule has 0 amide bonds. The van der Waals surface area contributed by atoms with Gasteiger partial charge in [-0.05, 0) is 56.5 Å². The van der Waals surface area contributed by atoms with Crippen LogP contribution in [0.4, 0.5) is 5.82 Å². The fourth-order valence-corrected chi connectivity index (χ4v) is 3.83. The largest absolute Gasteiger partial charge is 0.384 e. The highest BCUT2D eigenvalue weighted by Gasteiger charge is 2.45. The maximum atomic E-state index is 12.9. The van der Waals surface area contributed by atoms with Crippen molar-refractivity contribution in [1.82, 2.24) is 9.88 Å². The Morgan fingerprint density at radius 3 is 2.60 bits per heavy atom. The van der Waals surface area contributed by atoms with E-state index in [0.29, 0.717) is 18.0 Å². The minimum Gasteiger partial charge on any atom is -0.384 e. The molecule has 1 saturated heterocycles. The van der Waals surface area contributed by atoms with Crippen LogP contribution in [0.1, 0.15) is 44.1 Å². The highest BCUT2D eigenvalue weighted by atomic mass is 16.1. The monoisotopic (exact) mass is 273 g/mol. The first-order chi connectivity index (χ1) is 9.71. The first kappa shape index (κ1) is 13.6. The summed E-state index contributed by atoms with van der Waals surface area (Å²) < 4.78 is 0. The molecule has 4 heteroatoms. The van der Waals surface area contributed by atoms with Gasteiger partial charge in [-0.3, -0.25) is 9.69 Å². The third-order valence-corrected chi connectivity index (χ3v) is 4.87. The van der Waals surface area contributed by atoms with Crippen LogP contribution in [-0.4, -0.2) is 34.3 Å². The Bertz CT molecular complexity index is 488. The summed E-state index contributed by atoms with van der Waals surface area (Å²) in [4.78, 5) is 19.4. The SMILES string of the molecule is Nc1cc(CC(=O)C2(N3CCCC3)CCCC2)ccn1.